The van der Waals surface area contributed by atoms with Crippen molar-refractivity contribution in [3.63, 3.8) is 0 Å². The maximum absolute atomic E-state index is 11.4. The van der Waals surface area contributed by atoms with E-state index in [2.05, 4.69) is 5.32 Å². The molecule has 0 spiro atoms. The number of hydrogen-bond acceptors (Lipinski definition) is 4. The minimum absolute atomic E-state index is 0.0797. The quantitative estimate of drug-likeness (QED) is 0.721. The molecule has 0 aliphatic carbocycles. The Labute approximate surface area is 102 Å². The van der Waals surface area contributed by atoms with Crippen molar-refractivity contribution in [2.24, 2.45) is 5.73 Å². The standard InChI is InChI=1S/C12H22N2O3/c1-8-4-5-10(17-8)11(12(13)15)14-7-9-3-2-6-16-9/h8-11,14H,2-7H2,1H3,(H2,13,15). The molecule has 0 bridgehead atoms. The Morgan fingerprint density at radius 2 is 2.29 bits per heavy atom. The van der Waals surface area contributed by atoms with Gasteiger partial charge in [0, 0.05) is 13.2 Å². The lowest BCUT2D eigenvalue weighted by Gasteiger charge is -2.23. The third-order valence-corrected chi connectivity index (χ3v) is 3.53. The van der Waals surface area contributed by atoms with Gasteiger partial charge >= 0.3 is 0 Å². The van der Waals surface area contributed by atoms with Crippen LogP contribution in [0.1, 0.15) is 32.6 Å². The molecular formula is C12H22N2O3. The van der Waals surface area contributed by atoms with Gasteiger partial charge in [0.2, 0.25) is 5.91 Å². The highest BCUT2D eigenvalue weighted by Crippen LogP contribution is 2.22. The van der Waals surface area contributed by atoms with Crippen molar-refractivity contribution in [3.05, 3.63) is 0 Å². The predicted octanol–water partition coefficient (Wildman–Crippen LogP) is 0.176. The maximum Gasteiger partial charge on any atom is 0.237 e. The summed E-state index contributed by atoms with van der Waals surface area (Å²) in [5, 5.41) is 3.20. The fraction of sp³-hybridized carbons (Fsp3) is 0.917. The van der Waals surface area contributed by atoms with Crippen LogP contribution < -0.4 is 11.1 Å². The molecule has 0 saturated carbocycles. The van der Waals surface area contributed by atoms with E-state index in [1.165, 1.54) is 0 Å². The number of hydrogen-bond donors (Lipinski definition) is 2. The van der Waals surface area contributed by atoms with Crippen molar-refractivity contribution in [1.29, 1.82) is 0 Å². The average Bonchev–Trinajstić information content (AvgIpc) is 2.90. The Morgan fingerprint density at radius 3 is 2.82 bits per heavy atom. The molecule has 0 aromatic carbocycles. The third-order valence-electron chi connectivity index (χ3n) is 3.53. The van der Waals surface area contributed by atoms with E-state index < -0.39 is 0 Å². The molecule has 3 N–H and O–H groups in total. The van der Waals surface area contributed by atoms with Gasteiger partial charge in [0.15, 0.2) is 0 Å². The largest absolute Gasteiger partial charge is 0.377 e. The average molecular weight is 242 g/mol. The molecule has 2 rings (SSSR count). The molecule has 1 amide bonds. The van der Waals surface area contributed by atoms with E-state index in [0.717, 1.165) is 32.3 Å². The van der Waals surface area contributed by atoms with Crippen LogP contribution in [0.5, 0.6) is 0 Å². The molecule has 0 radical (unpaired) electrons. The third kappa shape index (κ3) is 3.40. The van der Waals surface area contributed by atoms with Crippen molar-refractivity contribution in [2.45, 2.75) is 57.0 Å². The summed E-state index contributed by atoms with van der Waals surface area (Å²) in [5.41, 5.74) is 5.42. The molecule has 0 aromatic rings. The summed E-state index contributed by atoms with van der Waals surface area (Å²) < 4.78 is 11.2. The molecule has 4 atom stereocenters. The number of nitrogens with two attached hydrogens (primary N) is 1. The van der Waals surface area contributed by atoms with Crippen LogP contribution in [-0.2, 0) is 14.3 Å². The zero-order chi connectivity index (χ0) is 12.3. The van der Waals surface area contributed by atoms with E-state index >= 15 is 0 Å². The van der Waals surface area contributed by atoms with Gasteiger partial charge in [-0.2, -0.15) is 0 Å². The zero-order valence-corrected chi connectivity index (χ0v) is 10.4. The van der Waals surface area contributed by atoms with E-state index in [0.29, 0.717) is 6.54 Å². The van der Waals surface area contributed by atoms with Gasteiger partial charge in [0.05, 0.1) is 18.3 Å². The molecule has 5 nitrogen and oxygen atoms in total. The van der Waals surface area contributed by atoms with Gasteiger partial charge in [-0.25, -0.2) is 0 Å². The summed E-state index contributed by atoms with van der Waals surface area (Å²) >= 11 is 0. The number of primary amides is 1. The molecule has 2 aliphatic rings. The lowest BCUT2D eigenvalue weighted by atomic mass is 10.1. The van der Waals surface area contributed by atoms with Crippen LogP contribution in [0, 0.1) is 0 Å². The molecule has 2 fully saturated rings. The fourth-order valence-electron chi connectivity index (χ4n) is 2.56. The zero-order valence-electron chi connectivity index (χ0n) is 10.4. The number of nitrogens with one attached hydrogen (secondary N) is 1. The van der Waals surface area contributed by atoms with Crippen molar-refractivity contribution >= 4 is 5.91 Å². The van der Waals surface area contributed by atoms with E-state index in [9.17, 15) is 4.79 Å². The molecule has 4 unspecified atom stereocenters. The van der Waals surface area contributed by atoms with Gasteiger partial charge in [0.25, 0.3) is 0 Å². The Kier molecular flexibility index (Phi) is 4.36. The van der Waals surface area contributed by atoms with Gasteiger partial charge in [-0.05, 0) is 32.6 Å². The van der Waals surface area contributed by atoms with Crippen LogP contribution in [0.2, 0.25) is 0 Å². The number of carbonyl (C=O) groups is 1. The first kappa shape index (κ1) is 12.8. The molecule has 5 heteroatoms. The lowest BCUT2D eigenvalue weighted by Crippen LogP contribution is -2.51. The molecule has 0 aromatic heterocycles. The minimum Gasteiger partial charge on any atom is -0.377 e. The van der Waals surface area contributed by atoms with E-state index in [1.807, 2.05) is 6.92 Å². The smallest absolute Gasteiger partial charge is 0.237 e. The Balaban J connectivity index is 1.82. The van der Waals surface area contributed by atoms with E-state index in [1.54, 1.807) is 0 Å². The van der Waals surface area contributed by atoms with Crippen molar-refractivity contribution in [3.8, 4) is 0 Å². The predicted molar refractivity (Wildman–Crippen MR) is 63.5 cm³/mol. The Bertz CT molecular complexity index is 266. The van der Waals surface area contributed by atoms with Crippen LogP contribution in [0.25, 0.3) is 0 Å². The Morgan fingerprint density at radius 1 is 1.47 bits per heavy atom. The van der Waals surface area contributed by atoms with Crippen LogP contribution >= 0.6 is 0 Å². The van der Waals surface area contributed by atoms with E-state index in [-0.39, 0.29) is 30.3 Å². The summed E-state index contributed by atoms with van der Waals surface area (Å²) in [5.74, 6) is -0.331. The summed E-state index contributed by atoms with van der Waals surface area (Å²) in [7, 11) is 0. The first-order valence-electron chi connectivity index (χ1n) is 6.46. The highest BCUT2D eigenvalue weighted by Gasteiger charge is 2.33. The summed E-state index contributed by atoms with van der Waals surface area (Å²) in [6.45, 7) is 3.53. The van der Waals surface area contributed by atoms with Gasteiger partial charge in [-0.15, -0.1) is 0 Å². The highest BCUT2D eigenvalue weighted by atomic mass is 16.5. The van der Waals surface area contributed by atoms with Crippen LogP contribution in [-0.4, -0.2) is 43.4 Å². The lowest BCUT2D eigenvalue weighted by molar-refractivity contribution is -0.123. The Hall–Kier alpha value is -0.650. The second-order valence-corrected chi connectivity index (χ2v) is 4.99. The summed E-state index contributed by atoms with van der Waals surface area (Å²) in [6, 6.07) is -0.385. The molecular weight excluding hydrogens is 220 g/mol. The molecule has 2 aliphatic heterocycles. The first-order valence-corrected chi connectivity index (χ1v) is 6.46. The second-order valence-electron chi connectivity index (χ2n) is 4.99. The highest BCUT2D eigenvalue weighted by molar-refractivity contribution is 5.80. The van der Waals surface area contributed by atoms with Gasteiger partial charge in [-0.1, -0.05) is 0 Å². The number of rotatable bonds is 5. The molecule has 17 heavy (non-hydrogen) atoms. The maximum atomic E-state index is 11.4. The van der Waals surface area contributed by atoms with Crippen LogP contribution in [0.4, 0.5) is 0 Å². The normalized spacial score (nSPS) is 35.0. The SMILES string of the molecule is CC1CCC(C(NCC2CCCO2)C(N)=O)O1. The van der Waals surface area contributed by atoms with Gasteiger partial charge < -0.3 is 20.5 Å². The molecule has 98 valence electrons. The van der Waals surface area contributed by atoms with E-state index in [4.69, 9.17) is 15.2 Å². The first-order chi connectivity index (χ1) is 8.16. The molecule has 2 saturated heterocycles. The van der Waals surface area contributed by atoms with Crippen LogP contribution in [0.3, 0.4) is 0 Å². The summed E-state index contributed by atoms with van der Waals surface area (Å²) in [4.78, 5) is 11.4. The van der Waals surface area contributed by atoms with Gasteiger partial charge in [-0.3, -0.25) is 4.79 Å². The van der Waals surface area contributed by atoms with Gasteiger partial charge in [0.1, 0.15) is 6.04 Å². The number of carbonyl (C=O) groups excluding carboxylic acids is 1. The number of amides is 1. The van der Waals surface area contributed by atoms with Crippen molar-refractivity contribution < 1.29 is 14.3 Å². The fourth-order valence-corrected chi connectivity index (χ4v) is 2.56. The second kappa shape index (κ2) is 5.80. The monoisotopic (exact) mass is 242 g/mol. The van der Waals surface area contributed by atoms with Crippen molar-refractivity contribution in [2.75, 3.05) is 13.2 Å². The number of ether oxygens (including phenoxy) is 2. The van der Waals surface area contributed by atoms with Crippen LogP contribution in [0.15, 0.2) is 0 Å². The van der Waals surface area contributed by atoms with Crippen molar-refractivity contribution in [1.82, 2.24) is 5.32 Å². The minimum atomic E-state index is -0.385. The topological polar surface area (TPSA) is 73.6 Å². The molecule has 2 heterocycles. The summed E-state index contributed by atoms with van der Waals surface area (Å²) in [6.07, 6.45) is 4.42.